The van der Waals surface area contributed by atoms with E-state index in [1.165, 1.54) is 47.0 Å². The van der Waals surface area contributed by atoms with Crippen molar-refractivity contribution in [1.29, 1.82) is 0 Å². The molecule has 0 spiro atoms. The van der Waals surface area contributed by atoms with Crippen molar-refractivity contribution >= 4 is 97.6 Å². The Balaban J connectivity index is -0.000000372. The standard InChI is InChI=1S/2C6H12O2S4.Ni/c2*7-1-3-11-5(9)6(10)12-4-2-8;/h2*7-10H,1-4H2;/p-4/b2*6-5-;. The van der Waals surface area contributed by atoms with E-state index in [2.05, 4.69) is 0 Å². The molecule has 25 heavy (non-hydrogen) atoms. The fourth-order valence-electron chi connectivity index (χ4n) is 0.789. The van der Waals surface area contributed by atoms with Gasteiger partial charge in [-0.05, 0) is 0 Å². The summed E-state index contributed by atoms with van der Waals surface area (Å²) in [6.45, 7) is 0.437. The molecule has 0 aromatic carbocycles. The normalized spacial score (nSPS) is 12.3. The zero-order chi connectivity index (χ0) is 18.8. The first-order valence-corrected chi connectivity index (χ1v) is 12.1. The molecular formula is C12H20NiO4S8-4. The molecule has 0 saturated carbocycles. The van der Waals surface area contributed by atoms with E-state index >= 15 is 0 Å². The smallest absolute Gasteiger partial charge is 0.0524 e. The molecule has 0 radical (unpaired) electrons. The van der Waals surface area contributed by atoms with Gasteiger partial charge in [-0.1, -0.05) is 0 Å². The molecular weight excluding hydrogens is 523 g/mol. The molecule has 0 aliphatic rings. The number of hydrogen-bond donors (Lipinski definition) is 4. The van der Waals surface area contributed by atoms with Crippen molar-refractivity contribution in [1.82, 2.24) is 0 Å². The molecule has 0 fully saturated rings. The first-order chi connectivity index (χ1) is 11.4. The van der Waals surface area contributed by atoms with Crippen LogP contribution >= 0.6 is 47.0 Å². The monoisotopic (exact) mass is 542 g/mol. The Morgan fingerprint density at radius 1 is 0.480 bits per heavy atom. The zero-order valence-electron chi connectivity index (χ0n) is 13.0. The Hall–Kier alpha value is 2.09. The van der Waals surface area contributed by atoms with E-state index in [-0.39, 0.29) is 42.9 Å². The summed E-state index contributed by atoms with van der Waals surface area (Å²) in [7, 11) is 0. The predicted molar refractivity (Wildman–Crippen MR) is 122 cm³/mol. The maximum absolute atomic E-state index is 8.50. The number of hydrogen-bond acceptors (Lipinski definition) is 12. The SMILES string of the molecule is OCCS/C([S-])=C(/[S-])SCCO.OCCS/C([S-])=C(/[S-])SCCO.[Ni]. The summed E-state index contributed by atoms with van der Waals surface area (Å²) in [5.74, 6) is 2.33. The van der Waals surface area contributed by atoms with Gasteiger partial charge in [-0.3, -0.25) is 0 Å². The molecule has 0 aliphatic heterocycles. The number of thioether (sulfide) groups is 4. The van der Waals surface area contributed by atoms with Crippen molar-refractivity contribution in [3.8, 4) is 0 Å². The summed E-state index contributed by atoms with van der Waals surface area (Å²) in [6, 6.07) is 0. The molecule has 4 N–H and O–H groups in total. The fourth-order valence-corrected chi connectivity index (χ4v) is 4.78. The quantitative estimate of drug-likeness (QED) is 0.212. The van der Waals surface area contributed by atoms with Crippen LogP contribution < -0.4 is 0 Å². The average molecular weight is 544 g/mol. The van der Waals surface area contributed by atoms with Crippen LogP contribution in [-0.2, 0) is 67.0 Å². The predicted octanol–water partition coefficient (Wildman–Crippen LogP) is 1.31. The second kappa shape index (κ2) is 24.1. The first-order valence-electron chi connectivity index (χ1n) is 6.55. The molecule has 154 valence electrons. The molecule has 0 unspecified atom stereocenters. The third kappa shape index (κ3) is 22.2. The summed E-state index contributed by atoms with van der Waals surface area (Å²) in [6.07, 6.45) is 0. The molecule has 0 saturated heterocycles. The minimum absolute atomic E-state index is 0. The van der Waals surface area contributed by atoms with Crippen LogP contribution in [-0.4, -0.2) is 69.9 Å². The van der Waals surface area contributed by atoms with Crippen LogP contribution in [0.1, 0.15) is 0 Å². The van der Waals surface area contributed by atoms with Gasteiger partial charge in [0.25, 0.3) is 0 Å². The Kier molecular flexibility index (Phi) is 30.7. The second-order valence-electron chi connectivity index (χ2n) is 3.44. The van der Waals surface area contributed by atoms with Crippen molar-refractivity contribution < 1.29 is 36.9 Å². The zero-order valence-corrected chi connectivity index (χ0v) is 20.5. The van der Waals surface area contributed by atoms with Crippen LogP contribution in [0, 0.1) is 0 Å². The van der Waals surface area contributed by atoms with Gasteiger partial charge in [-0.25, -0.2) is 0 Å². The molecule has 0 aromatic heterocycles. The van der Waals surface area contributed by atoms with E-state index in [9.17, 15) is 0 Å². The molecule has 0 atom stereocenters. The van der Waals surface area contributed by atoms with Gasteiger partial charge in [0, 0.05) is 39.5 Å². The van der Waals surface area contributed by atoms with Crippen LogP contribution in [0.5, 0.6) is 0 Å². The summed E-state index contributed by atoms with van der Waals surface area (Å²) in [5.41, 5.74) is 0. The maximum atomic E-state index is 8.50. The molecule has 0 aliphatic carbocycles. The minimum atomic E-state index is 0. The first kappa shape index (κ1) is 31.8. The van der Waals surface area contributed by atoms with Gasteiger partial charge in [-0.2, -0.15) is 64.0 Å². The van der Waals surface area contributed by atoms with E-state index in [0.717, 1.165) is 0 Å². The largest absolute Gasteiger partial charge is 0.774 e. The van der Waals surface area contributed by atoms with Crippen LogP contribution in [0.25, 0.3) is 0 Å². The fraction of sp³-hybridized carbons (Fsp3) is 0.667. The molecule has 0 aromatic rings. The summed E-state index contributed by atoms with van der Waals surface area (Å²) in [5, 5.41) is 34.0. The Labute approximate surface area is 199 Å². The molecule has 0 rings (SSSR count). The minimum Gasteiger partial charge on any atom is -0.774 e. The van der Waals surface area contributed by atoms with Gasteiger partial charge in [-0.15, -0.1) is 0 Å². The average Bonchev–Trinajstić information content (AvgIpc) is 2.60. The van der Waals surface area contributed by atoms with Gasteiger partial charge in [0.1, 0.15) is 0 Å². The van der Waals surface area contributed by atoms with Gasteiger partial charge >= 0.3 is 0 Å². The number of aliphatic hydroxyl groups is 4. The van der Waals surface area contributed by atoms with Gasteiger partial charge in [0.15, 0.2) is 0 Å². The van der Waals surface area contributed by atoms with Crippen molar-refractivity contribution in [2.24, 2.45) is 0 Å². The Bertz CT molecular complexity index is 305. The molecule has 13 heteroatoms. The topological polar surface area (TPSA) is 80.9 Å². The van der Waals surface area contributed by atoms with E-state index < -0.39 is 0 Å². The Morgan fingerprint density at radius 2 is 0.640 bits per heavy atom. The van der Waals surface area contributed by atoms with Crippen molar-refractivity contribution in [2.75, 3.05) is 49.4 Å². The van der Waals surface area contributed by atoms with Crippen LogP contribution in [0.4, 0.5) is 0 Å². The van der Waals surface area contributed by atoms with E-state index in [1.807, 2.05) is 0 Å². The van der Waals surface area contributed by atoms with Crippen LogP contribution in [0.3, 0.4) is 0 Å². The van der Waals surface area contributed by atoms with Crippen molar-refractivity contribution in [3.63, 3.8) is 0 Å². The number of aliphatic hydroxyl groups excluding tert-OH is 4. The van der Waals surface area contributed by atoms with Crippen molar-refractivity contribution in [3.05, 3.63) is 16.9 Å². The third-order valence-electron chi connectivity index (χ3n) is 1.63. The third-order valence-corrected chi connectivity index (χ3v) is 8.31. The molecule has 0 heterocycles. The van der Waals surface area contributed by atoms with E-state index in [4.69, 9.17) is 70.9 Å². The number of rotatable bonds is 12. The summed E-state index contributed by atoms with van der Waals surface area (Å²) >= 11 is 25.3. The van der Waals surface area contributed by atoms with Gasteiger partial charge < -0.3 is 70.9 Å². The molecule has 0 amide bonds. The van der Waals surface area contributed by atoms with Crippen molar-refractivity contribution in [2.45, 2.75) is 0 Å². The second-order valence-corrected chi connectivity index (χ2v) is 10.5. The molecule has 4 nitrogen and oxygen atoms in total. The van der Waals surface area contributed by atoms with E-state index in [1.54, 1.807) is 0 Å². The molecule has 0 bridgehead atoms. The van der Waals surface area contributed by atoms with Gasteiger partial charge in [0.2, 0.25) is 0 Å². The van der Waals surface area contributed by atoms with Crippen LogP contribution in [0.2, 0.25) is 0 Å². The van der Waals surface area contributed by atoms with Gasteiger partial charge in [0.05, 0.1) is 26.4 Å². The summed E-state index contributed by atoms with van der Waals surface area (Å²) < 4.78 is 2.55. The maximum Gasteiger partial charge on any atom is 0.0524 e. The van der Waals surface area contributed by atoms with E-state index in [0.29, 0.717) is 40.0 Å². The van der Waals surface area contributed by atoms with Crippen LogP contribution in [0.15, 0.2) is 16.9 Å². The Morgan fingerprint density at radius 3 is 0.760 bits per heavy atom. The summed E-state index contributed by atoms with van der Waals surface area (Å²) in [4.78, 5) is 0.